The first kappa shape index (κ1) is 45.4. The summed E-state index contributed by atoms with van der Waals surface area (Å²) in [6.45, 7) is 19.4. The van der Waals surface area contributed by atoms with Crippen LogP contribution in [-0.4, -0.2) is 15.0 Å². The molecule has 0 radical (unpaired) electrons. The SMILES string of the molecule is [2H]c1cc2c(oc3c(-c4cc(C([2H])([2H])C(C)(C)C)c(C(C)(C)Cc5cc(CC(C)(C)c6ccc(-c7ccccc7)nc6)cc(CC(C)(C)c6ccc(-c7ccccc7)nc6)c5)cn4)cccc32)c(-c2ccccc2)c1F. The molecule has 0 aliphatic heterocycles. The molecule has 0 saturated heterocycles. The molecular formula is C68H66FN3O. The fourth-order valence-electron chi connectivity index (χ4n) is 10.6. The predicted octanol–water partition coefficient (Wildman–Crippen LogP) is 17.7. The molecule has 0 N–H and O–H groups in total. The number of benzene rings is 6. The molecule has 0 aliphatic carbocycles. The number of pyridine rings is 3. The molecule has 0 spiro atoms. The number of fused-ring (bicyclic) bond motifs is 3. The third-order valence-corrected chi connectivity index (χ3v) is 14.3. The first-order chi connectivity index (χ1) is 36.1. The molecule has 4 heterocycles. The number of halogens is 1. The van der Waals surface area contributed by atoms with Crippen molar-refractivity contribution in [3.63, 3.8) is 0 Å². The standard InChI is InChI=1S/C68H66FN3O/c1-65(2,3)41-51-37-61(56-27-19-26-54-55-30-31-58(69)62(64(55)73-63(54)56)50-24-17-12-18-25-50)72-44-57(51)68(8,9)40-47-35-45(38-66(4,5)52-28-32-59(70-42-52)48-20-13-10-14-21-48)34-46(36-47)39-67(6,7)53-29-33-60(71-43-53)49-22-15-11-16-23-49/h10-37,42-44H,38-41H2,1-9H3/i31D,41D2. The minimum Gasteiger partial charge on any atom is -0.455 e. The molecule has 0 atom stereocenters. The van der Waals surface area contributed by atoms with Gasteiger partial charge in [-0.05, 0) is 128 Å². The lowest BCUT2D eigenvalue weighted by atomic mass is 9.73. The maximum Gasteiger partial charge on any atom is 0.146 e. The molecule has 10 aromatic rings. The molecule has 6 aromatic carbocycles. The maximum atomic E-state index is 15.9. The van der Waals surface area contributed by atoms with E-state index in [0.29, 0.717) is 45.4 Å². The highest BCUT2D eigenvalue weighted by Gasteiger charge is 2.30. The summed E-state index contributed by atoms with van der Waals surface area (Å²) < 4.78 is 51.0. The van der Waals surface area contributed by atoms with Gasteiger partial charge in [0.25, 0.3) is 0 Å². The first-order valence-corrected chi connectivity index (χ1v) is 25.5. The lowest BCUT2D eigenvalue weighted by Crippen LogP contribution is -2.26. The van der Waals surface area contributed by atoms with Gasteiger partial charge in [-0.1, -0.05) is 196 Å². The smallest absolute Gasteiger partial charge is 0.146 e. The molecule has 0 amide bonds. The molecule has 0 aliphatic rings. The van der Waals surface area contributed by atoms with Gasteiger partial charge in [0.2, 0.25) is 0 Å². The van der Waals surface area contributed by atoms with Crippen molar-refractivity contribution in [1.29, 1.82) is 0 Å². The fourth-order valence-corrected chi connectivity index (χ4v) is 10.6. The van der Waals surface area contributed by atoms with E-state index < -0.39 is 23.0 Å². The van der Waals surface area contributed by atoms with Crippen LogP contribution in [0.2, 0.25) is 0 Å². The van der Waals surface area contributed by atoms with E-state index in [0.717, 1.165) is 63.0 Å². The Morgan fingerprint density at radius 2 is 0.959 bits per heavy atom. The number of para-hydroxylation sites is 1. The Labute approximate surface area is 435 Å². The van der Waals surface area contributed by atoms with Crippen molar-refractivity contribution in [2.24, 2.45) is 5.41 Å². The van der Waals surface area contributed by atoms with Crippen LogP contribution < -0.4 is 0 Å². The Bertz CT molecular complexity index is 3600. The topological polar surface area (TPSA) is 51.8 Å². The quantitative estimate of drug-likeness (QED) is 0.109. The Hall–Kier alpha value is -7.50. The summed E-state index contributed by atoms with van der Waals surface area (Å²) in [5, 5.41) is 1.36. The Kier molecular flexibility index (Phi) is 12.1. The lowest BCUT2D eigenvalue weighted by Gasteiger charge is -2.32. The van der Waals surface area contributed by atoms with Crippen LogP contribution in [0.4, 0.5) is 4.39 Å². The van der Waals surface area contributed by atoms with E-state index >= 15 is 4.39 Å². The van der Waals surface area contributed by atoms with Gasteiger partial charge in [0, 0.05) is 48.8 Å². The summed E-state index contributed by atoms with van der Waals surface area (Å²) in [6, 6.07) is 54.5. The van der Waals surface area contributed by atoms with Gasteiger partial charge in [-0.25, -0.2) is 4.39 Å². The number of aromatic nitrogens is 3. The summed E-state index contributed by atoms with van der Waals surface area (Å²) in [5.41, 5.74) is 12.4. The molecule has 4 aromatic heterocycles. The fraction of sp³-hybridized carbons (Fsp3) is 0.250. The van der Waals surface area contributed by atoms with Gasteiger partial charge in [-0.3, -0.25) is 15.0 Å². The summed E-state index contributed by atoms with van der Waals surface area (Å²) in [4.78, 5) is 15.0. The molecule has 366 valence electrons. The third kappa shape index (κ3) is 10.6. The molecule has 0 saturated carbocycles. The minimum atomic E-state index is -1.79. The molecule has 0 bridgehead atoms. The van der Waals surface area contributed by atoms with Crippen molar-refractivity contribution >= 4 is 21.9 Å². The van der Waals surface area contributed by atoms with Crippen LogP contribution in [0.5, 0.6) is 0 Å². The number of hydrogen-bond donors (Lipinski definition) is 0. The zero-order valence-corrected chi connectivity index (χ0v) is 43.6. The highest BCUT2D eigenvalue weighted by molar-refractivity contribution is 6.13. The molecular weight excluding hydrogens is 894 g/mol. The van der Waals surface area contributed by atoms with E-state index in [-0.39, 0.29) is 22.4 Å². The van der Waals surface area contributed by atoms with Gasteiger partial charge in [-0.15, -0.1) is 0 Å². The summed E-state index contributed by atoms with van der Waals surface area (Å²) in [6.07, 6.45) is 6.29. The van der Waals surface area contributed by atoms with Gasteiger partial charge < -0.3 is 4.42 Å². The van der Waals surface area contributed by atoms with Crippen LogP contribution in [0.3, 0.4) is 0 Å². The maximum absolute atomic E-state index is 15.9. The van der Waals surface area contributed by atoms with E-state index in [1.54, 1.807) is 0 Å². The molecule has 4 nitrogen and oxygen atoms in total. The summed E-state index contributed by atoms with van der Waals surface area (Å²) >= 11 is 0. The summed E-state index contributed by atoms with van der Waals surface area (Å²) in [7, 11) is 0. The van der Waals surface area contributed by atoms with Crippen molar-refractivity contribution in [1.82, 2.24) is 15.0 Å². The van der Waals surface area contributed by atoms with Crippen LogP contribution in [0, 0.1) is 11.2 Å². The Balaban J connectivity index is 1.04. The monoisotopic (exact) mass is 963 g/mol. The molecule has 10 rings (SSSR count). The Morgan fingerprint density at radius 3 is 1.45 bits per heavy atom. The zero-order valence-electron chi connectivity index (χ0n) is 46.6. The zero-order chi connectivity index (χ0) is 53.8. The van der Waals surface area contributed by atoms with Crippen LogP contribution >= 0.6 is 0 Å². The highest BCUT2D eigenvalue weighted by Crippen LogP contribution is 2.43. The second kappa shape index (κ2) is 19.5. The Morgan fingerprint density at radius 1 is 0.479 bits per heavy atom. The second-order valence-electron chi connectivity index (χ2n) is 22.8. The van der Waals surface area contributed by atoms with Crippen LogP contribution in [0.15, 0.2) is 193 Å². The van der Waals surface area contributed by atoms with E-state index in [2.05, 4.69) is 108 Å². The molecule has 5 heteroatoms. The van der Waals surface area contributed by atoms with Crippen LogP contribution in [-0.2, 0) is 41.9 Å². The second-order valence-corrected chi connectivity index (χ2v) is 22.8. The molecule has 0 fully saturated rings. The van der Waals surface area contributed by atoms with Crippen LogP contribution in [0.25, 0.3) is 66.8 Å². The average molecular weight is 963 g/mol. The van der Waals surface area contributed by atoms with E-state index in [1.807, 2.05) is 130 Å². The number of hydrogen-bond acceptors (Lipinski definition) is 4. The lowest BCUT2D eigenvalue weighted by molar-refractivity contribution is 0.403. The molecule has 73 heavy (non-hydrogen) atoms. The van der Waals surface area contributed by atoms with Crippen molar-refractivity contribution in [2.75, 3.05) is 0 Å². The van der Waals surface area contributed by atoms with Gasteiger partial charge in [0.05, 0.1) is 24.0 Å². The number of furan rings is 1. The highest BCUT2D eigenvalue weighted by atomic mass is 19.1. The van der Waals surface area contributed by atoms with Crippen molar-refractivity contribution in [2.45, 2.75) is 104 Å². The van der Waals surface area contributed by atoms with Crippen LogP contribution in [0.1, 0.15) is 105 Å². The van der Waals surface area contributed by atoms with Crippen molar-refractivity contribution < 1.29 is 12.9 Å². The van der Waals surface area contributed by atoms with E-state index in [1.165, 1.54) is 17.2 Å². The van der Waals surface area contributed by atoms with Gasteiger partial charge >= 0.3 is 0 Å². The number of nitrogens with zero attached hydrogens (tertiary/aromatic N) is 3. The van der Waals surface area contributed by atoms with Crippen molar-refractivity contribution in [3.8, 4) is 44.9 Å². The van der Waals surface area contributed by atoms with Gasteiger partial charge in [-0.2, -0.15) is 0 Å². The minimum absolute atomic E-state index is 0.216. The van der Waals surface area contributed by atoms with E-state index in [9.17, 15) is 2.74 Å². The number of rotatable bonds is 14. The van der Waals surface area contributed by atoms with E-state index in [4.69, 9.17) is 20.7 Å². The van der Waals surface area contributed by atoms with Crippen molar-refractivity contribution in [3.05, 3.63) is 233 Å². The summed E-state index contributed by atoms with van der Waals surface area (Å²) in [5.74, 6) is -0.646. The third-order valence-electron chi connectivity index (χ3n) is 14.3. The first-order valence-electron chi connectivity index (χ1n) is 27.0. The normalized spacial score (nSPS) is 13.3. The average Bonchev–Trinajstić information content (AvgIpc) is 3.76. The predicted molar refractivity (Wildman–Crippen MR) is 301 cm³/mol. The molecule has 0 unspecified atom stereocenters. The van der Waals surface area contributed by atoms with Gasteiger partial charge in [0.1, 0.15) is 17.0 Å². The largest absolute Gasteiger partial charge is 0.455 e. The van der Waals surface area contributed by atoms with Gasteiger partial charge in [0.15, 0.2) is 0 Å².